The minimum Gasteiger partial charge on any atom is -0.491 e. The molecule has 2 amide bonds. The lowest BCUT2D eigenvalue weighted by molar-refractivity contribution is -0.0184. The van der Waals surface area contributed by atoms with Gasteiger partial charge in [-0.15, -0.1) is 0 Å². The molecule has 0 aliphatic carbocycles. The largest absolute Gasteiger partial charge is 0.491 e. The number of hydrogen-bond donors (Lipinski definition) is 2. The van der Waals surface area contributed by atoms with Crippen LogP contribution < -0.4 is 24.3 Å². The highest BCUT2D eigenvalue weighted by Gasteiger charge is 2.31. The van der Waals surface area contributed by atoms with Gasteiger partial charge in [0.05, 0.1) is 39.6 Å². The van der Waals surface area contributed by atoms with Crippen LogP contribution in [0.25, 0.3) is 0 Å². The summed E-state index contributed by atoms with van der Waals surface area (Å²) >= 11 is 0. The van der Waals surface area contributed by atoms with Gasteiger partial charge in [0.15, 0.2) is 27.1 Å². The number of amides is 2. The average molecular weight is 554 g/mol. The van der Waals surface area contributed by atoms with Crippen LogP contribution in [0.5, 0.6) is 23.1 Å². The molecule has 2 atom stereocenters. The lowest BCUT2D eigenvalue weighted by Crippen LogP contribution is -2.37. The number of pyridine rings is 1. The third-order valence-electron chi connectivity index (χ3n) is 5.84. The Morgan fingerprint density at radius 1 is 1.11 bits per heavy atom. The quantitative estimate of drug-likeness (QED) is 0.228. The Labute approximate surface area is 222 Å². The molecule has 0 saturated carbocycles. The Bertz CT molecular complexity index is 1220. The first-order valence-corrected chi connectivity index (χ1v) is 14.1. The van der Waals surface area contributed by atoms with Crippen molar-refractivity contribution in [2.75, 3.05) is 47.3 Å². The average Bonchev–Trinajstić information content (AvgIpc) is 3.39. The number of benzene rings is 1. The van der Waals surface area contributed by atoms with Crippen molar-refractivity contribution in [2.24, 2.45) is 0 Å². The van der Waals surface area contributed by atoms with Gasteiger partial charge < -0.3 is 29.0 Å². The Morgan fingerprint density at radius 3 is 2.39 bits per heavy atom. The summed E-state index contributed by atoms with van der Waals surface area (Å²) in [5.74, 6) is 1.20. The summed E-state index contributed by atoms with van der Waals surface area (Å²) in [5.41, 5.74) is 1.44. The number of methoxy groups -OCH3 is 2. The molecule has 13 heteroatoms. The molecule has 210 valence electrons. The molecule has 0 radical (unpaired) electrons. The fourth-order valence-corrected chi connectivity index (χ4v) is 4.84. The van der Waals surface area contributed by atoms with Crippen LogP contribution in [0, 0.1) is 0 Å². The topological polar surface area (TPSA) is 146 Å². The minimum absolute atomic E-state index is 0.00240. The molecule has 2 aromatic rings. The predicted molar refractivity (Wildman–Crippen MR) is 137 cm³/mol. The normalized spacial score (nSPS) is 17.1. The monoisotopic (exact) mass is 553 g/mol. The minimum atomic E-state index is -3.69. The molecule has 1 saturated heterocycles. The van der Waals surface area contributed by atoms with E-state index in [2.05, 4.69) is 10.3 Å². The molecule has 2 N–H and O–H groups in total. The second-order valence-electron chi connectivity index (χ2n) is 8.74. The number of rotatable bonds is 12. The molecule has 38 heavy (non-hydrogen) atoms. The van der Waals surface area contributed by atoms with E-state index in [4.69, 9.17) is 23.7 Å². The molecule has 1 aromatic carbocycles. The number of aromatic nitrogens is 1. The van der Waals surface area contributed by atoms with Crippen molar-refractivity contribution in [3.05, 3.63) is 35.5 Å². The van der Waals surface area contributed by atoms with Crippen molar-refractivity contribution in [3.8, 4) is 23.1 Å². The molecule has 3 rings (SSSR count). The van der Waals surface area contributed by atoms with Gasteiger partial charge in [0.1, 0.15) is 11.5 Å². The highest BCUT2D eigenvalue weighted by atomic mass is 32.2. The van der Waals surface area contributed by atoms with Crippen molar-refractivity contribution in [1.29, 1.82) is 0 Å². The lowest BCUT2D eigenvalue weighted by atomic mass is 10.0. The van der Waals surface area contributed by atoms with E-state index in [1.807, 2.05) is 13.0 Å². The van der Waals surface area contributed by atoms with Crippen molar-refractivity contribution in [1.82, 2.24) is 15.4 Å². The van der Waals surface area contributed by atoms with Crippen LogP contribution in [0.4, 0.5) is 4.79 Å². The SMILES string of the molecule is CCCOc1c(OCCNC(=O)N(C)O)cc([C@H]2CC[C@H](c3cnc(OC)c(OC)c3)O2)cc1S(C)(=O)=O. The summed E-state index contributed by atoms with van der Waals surface area (Å²) in [7, 11) is 0.555. The molecule has 0 unspecified atom stereocenters. The zero-order valence-electron chi connectivity index (χ0n) is 22.2. The molecular weight excluding hydrogens is 518 g/mol. The number of nitrogens with one attached hydrogen (secondary N) is 1. The number of urea groups is 1. The van der Waals surface area contributed by atoms with E-state index < -0.39 is 22.0 Å². The van der Waals surface area contributed by atoms with E-state index in [9.17, 15) is 18.4 Å². The first-order chi connectivity index (χ1) is 18.1. The molecule has 1 fully saturated rings. The van der Waals surface area contributed by atoms with E-state index in [-0.39, 0.29) is 35.7 Å². The van der Waals surface area contributed by atoms with E-state index >= 15 is 0 Å². The smallest absolute Gasteiger partial charge is 0.340 e. The van der Waals surface area contributed by atoms with Gasteiger partial charge in [0.25, 0.3) is 5.88 Å². The number of hydrogen-bond acceptors (Lipinski definition) is 10. The maximum atomic E-state index is 12.7. The molecule has 1 aliphatic heterocycles. The first-order valence-electron chi connectivity index (χ1n) is 12.2. The van der Waals surface area contributed by atoms with Crippen LogP contribution in [0.15, 0.2) is 29.3 Å². The summed E-state index contributed by atoms with van der Waals surface area (Å²) < 4.78 is 54.0. The van der Waals surface area contributed by atoms with Crippen LogP contribution in [-0.4, -0.2) is 77.0 Å². The third kappa shape index (κ3) is 7.17. The fourth-order valence-electron chi connectivity index (χ4n) is 4.00. The number of carbonyl (C=O) groups is 1. The Balaban J connectivity index is 1.89. The van der Waals surface area contributed by atoms with Crippen LogP contribution >= 0.6 is 0 Å². The van der Waals surface area contributed by atoms with Crippen molar-refractivity contribution in [2.45, 2.75) is 43.3 Å². The van der Waals surface area contributed by atoms with Crippen LogP contribution in [0.2, 0.25) is 0 Å². The number of ether oxygens (including phenoxy) is 5. The zero-order valence-corrected chi connectivity index (χ0v) is 23.0. The van der Waals surface area contributed by atoms with Crippen molar-refractivity contribution in [3.63, 3.8) is 0 Å². The van der Waals surface area contributed by atoms with Gasteiger partial charge in [0.2, 0.25) is 0 Å². The third-order valence-corrected chi connectivity index (χ3v) is 6.94. The molecule has 1 aromatic heterocycles. The van der Waals surface area contributed by atoms with Gasteiger partial charge in [-0.05, 0) is 43.0 Å². The summed E-state index contributed by atoms with van der Waals surface area (Å²) in [5, 5.41) is 12.1. The summed E-state index contributed by atoms with van der Waals surface area (Å²) in [4.78, 5) is 15.9. The van der Waals surface area contributed by atoms with Crippen molar-refractivity contribution < 1.29 is 42.1 Å². The van der Waals surface area contributed by atoms with E-state index in [1.165, 1.54) is 21.3 Å². The second kappa shape index (κ2) is 13.0. The number of hydroxylamine groups is 2. The maximum Gasteiger partial charge on any atom is 0.340 e. The molecule has 0 spiro atoms. The van der Waals surface area contributed by atoms with Gasteiger partial charge in [-0.25, -0.2) is 23.3 Å². The van der Waals surface area contributed by atoms with Crippen LogP contribution in [-0.2, 0) is 14.6 Å². The first kappa shape index (κ1) is 29.3. The predicted octanol–water partition coefficient (Wildman–Crippen LogP) is 3.29. The van der Waals surface area contributed by atoms with Crippen LogP contribution in [0.3, 0.4) is 0 Å². The number of nitrogens with zero attached hydrogens (tertiary/aromatic N) is 2. The Morgan fingerprint density at radius 2 is 1.79 bits per heavy atom. The fraction of sp³-hybridized carbons (Fsp3) is 0.520. The zero-order chi connectivity index (χ0) is 27.9. The molecule has 1 aliphatic rings. The van der Waals surface area contributed by atoms with E-state index in [0.717, 1.165) is 11.8 Å². The Hall–Kier alpha value is -3.29. The standard InChI is InChI=1S/C25H35N3O9S/c1-6-10-36-23-20(35-11-9-26-25(29)28(2)30)12-16(14-22(23)38(5,31)32)18-7-8-19(37-18)17-13-21(33-3)24(34-4)27-15-17/h12-15,18-19,30H,6-11H2,1-5H3,(H,26,29)/t18-,19-/m1/s1. The molecule has 12 nitrogen and oxygen atoms in total. The molecule has 2 heterocycles. The van der Waals surface area contributed by atoms with Gasteiger partial charge in [-0.2, -0.15) is 0 Å². The summed E-state index contributed by atoms with van der Waals surface area (Å²) in [6.45, 7) is 2.29. The van der Waals surface area contributed by atoms with E-state index in [0.29, 0.717) is 48.1 Å². The van der Waals surface area contributed by atoms with Crippen molar-refractivity contribution >= 4 is 15.9 Å². The number of carbonyl (C=O) groups excluding carboxylic acids is 1. The Kier molecular flexibility index (Phi) is 10.00. The highest BCUT2D eigenvalue weighted by molar-refractivity contribution is 7.90. The lowest BCUT2D eigenvalue weighted by Gasteiger charge is -2.20. The van der Waals surface area contributed by atoms with Gasteiger partial charge in [-0.3, -0.25) is 5.21 Å². The molecular formula is C25H35N3O9S. The highest BCUT2D eigenvalue weighted by Crippen LogP contribution is 2.45. The molecule has 0 bridgehead atoms. The maximum absolute atomic E-state index is 12.7. The van der Waals surface area contributed by atoms with Gasteiger partial charge in [-0.1, -0.05) is 6.92 Å². The van der Waals surface area contributed by atoms with Crippen LogP contribution in [0.1, 0.15) is 49.5 Å². The van der Waals surface area contributed by atoms with Gasteiger partial charge >= 0.3 is 6.03 Å². The van der Waals surface area contributed by atoms with Gasteiger partial charge in [0, 0.05) is 25.1 Å². The van der Waals surface area contributed by atoms with E-state index in [1.54, 1.807) is 18.3 Å². The summed E-state index contributed by atoms with van der Waals surface area (Å²) in [6.07, 6.45) is 4.08. The second-order valence-corrected chi connectivity index (χ2v) is 10.7. The summed E-state index contributed by atoms with van der Waals surface area (Å²) in [6, 6.07) is 4.39. The number of sulfone groups is 1.